The van der Waals surface area contributed by atoms with Crippen molar-refractivity contribution < 1.29 is 14.7 Å². The summed E-state index contributed by atoms with van der Waals surface area (Å²) in [5.74, 6) is -1.44. The molecule has 4 heteroatoms. The van der Waals surface area contributed by atoms with E-state index in [9.17, 15) is 9.59 Å². The maximum Gasteiger partial charge on any atom is 0.326 e. The number of carboxylic acids is 1. The van der Waals surface area contributed by atoms with Crippen LogP contribution in [0.25, 0.3) is 6.08 Å². The zero-order valence-corrected chi connectivity index (χ0v) is 13.0. The van der Waals surface area contributed by atoms with Crippen LogP contribution >= 0.6 is 0 Å². The Hall–Kier alpha value is -2.10. The molecule has 1 rings (SSSR count). The second kappa shape index (κ2) is 7.07. The van der Waals surface area contributed by atoms with E-state index in [0.29, 0.717) is 0 Å². The lowest BCUT2D eigenvalue weighted by Crippen LogP contribution is -2.48. The second-order valence-corrected chi connectivity index (χ2v) is 6.07. The number of carbonyl (C=O) groups is 2. The minimum atomic E-state index is -1.03. The molecule has 4 nitrogen and oxygen atoms in total. The first-order chi connectivity index (χ1) is 9.74. The van der Waals surface area contributed by atoms with Crippen molar-refractivity contribution in [3.05, 3.63) is 41.5 Å². The highest BCUT2D eigenvalue weighted by Gasteiger charge is 2.31. The van der Waals surface area contributed by atoms with Gasteiger partial charge in [-0.3, -0.25) is 4.79 Å². The molecule has 2 N–H and O–H groups in total. The van der Waals surface area contributed by atoms with Gasteiger partial charge < -0.3 is 10.4 Å². The minimum absolute atomic E-state index is 0.406. The monoisotopic (exact) mass is 289 g/mol. The van der Waals surface area contributed by atoms with E-state index in [2.05, 4.69) is 12.2 Å². The summed E-state index contributed by atoms with van der Waals surface area (Å²) in [6, 6.07) is 6.96. The molecule has 0 aromatic heterocycles. The van der Waals surface area contributed by atoms with E-state index >= 15 is 0 Å². The molecule has 1 atom stereocenters. The number of benzene rings is 1. The van der Waals surface area contributed by atoms with Crippen molar-refractivity contribution in [3.63, 3.8) is 0 Å². The number of carbonyl (C=O) groups excluding carboxylic acids is 1. The van der Waals surface area contributed by atoms with Crippen molar-refractivity contribution >= 4 is 18.0 Å². The molecule has 0 saturated carbocycles. The maximum atomic E-state index is 11.8. The number of nitrogens with one attached hydrogen (secondary N) is 1. The summed E-state index contributed by atoms with van der Waals surface area (Å²) in [6.45, 7) is 7.41. The zero-order chi connectivity index (χ0) is 16.0. The van der Waals surface area contributed by atoms with Gasteiger partial charge >= 0.3 is 5.97 Å². The summed E-state index contributed by atoms with van der Waals surface area (Å²) in [5.41, 5.74) is 1.60. The average molecular weight is 289 g/mol. The number of carboxylic acid groups (broad SMARTS) is 1. The topological polar surface area (TPSA) is 66.4 Å². The van der Waals surface area contributed by atoms with Crippen molar-refractivity contribution in [1.82, 2.24) is 5.32 Å². The van der Waals surface area contributed by atoms with Gasteiger partial charge in [0.25, 0.3) is 0 Å². The molecule has 1 amide bonds. The Balaban J connectivity index is 2.71. The van der Waals surface area contributed by atoms with Crippen LogP contribution in [0.15, 0.2) is 30.3 Å². The first-order valence-electron chi connectivity index (χ1n) is 7.04. The summed E-state index contributed by atoms with van der Waals surface area (Å²) in [4.78, 5) is 23.0. The van der Waals surface area contributed by atoms with Gasteiger partial charge in [-0.1, -0.05) is 52.0 Å². The molecule has 0 fully saturated rings. The van der Waals surface area contributed by atoms with Gasteiger partial charge in [0.2, 0.25) is 5.91 Å². The molecule has 0 saturated heterocycles. The SMILES string of the molecule is CCc1ccc(/C=C/C(=O)N[C@@H](C(=O)O)C(C)(C)C)cc1. The van der Waals surface area contributed by atoms with Gasteiger partial charge in [0.15, 0.2) is 0 Å². The number of rotatable bonds is 5. The van der Waals surface area contributed by atoms with Crippen LogP contribution in [0.3, 0.4) is 0 Å². The third-order valence-electron chi connectivity index (χ3n) is 3.21. The van der Waals surface area contributed by atoms with Gasteiger partial charge in [-0.05, 0) is 29.0 Å². The number of hydrogen-bond acceptors (Lipinski definition) is 2. The van der Waals surface area contributed by atoms with Crippen molar-refractivity contribution in [3.8, 4) is 0 Å². The first kappa shape index (κ1) is 17.0. The van der Waals surface area contributed by atoms with Gasteiger partial charge in [0.1, 0.15) is 6.04 Å². The van der Waals surface area contributed by atoms with Gasteiger partial charge in [0.05, 0.1) is 0 Å². The van der Waals surface area contributed by atoms with Crippen molar-refractivity contribution in [2.24, 2.45) is 5.41 Å². The van der Waals surface area contributed by atoms with Crippen molar-refractivity contribution in [1.29, 1.82) is 0 Å². The Morgan fingerprint density at radius 3 is 2.24 bits per heavy atom. The lowest BCUT2D eigenvalue weighted by Gasteiger charge is -2.27. The number of amides is 1. The Bertz CT molecular complexity index is 524. The fourth-order valence-electron chi connectivity index (χ4n) is 1.88. The molecule has 0 aliphatic heterocycles. The molecule has 0 aliphatic rings. The molecule has 1 aromatic rings. The summed E-state index contributed by atoms with van der Waals surface area (Å²) in [7, 11) is 0. The van der Waals surface area contributed by atoms with Crippen LogP contribution in [-0.4, -0.2) is 23.0 Å². The maximum absolute atomic E-state index is 11.8. The van der Waals surface area contributed by atoms with Crippen LogP contribution in [0, 0.1) is 5.41 Å². The van der Waals surface area contributed by atoms with E-state index in [1.165, 1.54) is 11.6 Å². The van der Waals surface area contributed by atoms with Gasteiger partial charge in [-0.15, -0.1) is 0 Å². The van der Waals surface area contributed by atoms with E-state index < -0.39 is 23.3 Å². The second-order valence-electron chi connectivity index (χ2n) is 6.07. The van der Waals surface area contributed by atoms with E-state index in [0.717, 1.165) is 12.0 Å². The third-order valence-corrected chi connectivity index (χ3v) is 3.21. The summed E-state index contributed by atoms with van der Waals surface area (Å²) in [5, 5.41) is 11.7. The lowest BCUT2D eigenvalue weighted by molar-refractivity contribution is -0.144. The number of hydrogen-bond donors (Lipinski definition) is 2. The minimum Gasteiger partial charge on any atom is -0.480 e. The van der Waals surface area contributed by atoms with E-state index in [1.807, 2.05) is 24.3 Å². The van der Waals surface area contributed by atoms with E-state index in [-0.39, 0.29) is 0 Å². The van der Waals surface area contributed by atoms with Crippen LogP contribution in [-0.2, 0) is 16.0 Å². The highest BCUT2D eigenvalue weighted by Crippen LogP contribution is 2.19. The highest BCUT2D eigenvalue weighted by molar-refractivity contribution is 5.94. The lowest BCUT2D eigenvalue weighted by atomic mass is 9.87. The molecule has 21 heavy (non-hydrogen) atoms. The summed E-state index contributed by atoms with van der Waals surface area (Å²) in [6.07, 6.45) is 4.01. The van der Waals surface area contributed by atoms with E-state index in [4.69, 9.17) is 5.11 Å². The molecule has 0 heterocycles. The van der Waals surface area contributed by atoms with Crippen LogP contribution in [0.2, 0.25) is 0 Å². The Labute approximate surface area is 125 Å². The highest BCUT2D eigenvalue weighted by atomic mass is 16.4. The molecule has 0 radical (unpaired) electrons. The van der Waals surface area contributed by atoms with Crippen molar-refractivity contribution in [2.45, 2.75) is 40.2 Å². The van der Waals surface area contributed by atoms with Crippen LogP contribution in [0.4, 0.5) is 0 Å². The Morgan fingerprint density at radius 1 is 1.24 bits per heavy atom. The Kier molecular flexibility index (Phi) is 5.70. The van der Waals surface area contributed by atoms with Crippen LogP contribution < -0.4 is 5.32 Å². The number of aliphatic carboxylic acids is 1. The predicted octanol–water partition coefficient (Wildman–Crippen LogP) is 2.88. The molecule has 1 aromatic carbocycles. The largest absolute Gasteiger partial charge is 0.480 e. The van der Waals surface area contributed by atoms with Gasteiger partial charge in [0, 0.05) is 6.08 Å². The average Bonchev–Trinajstić information content (AvgIpc) is 2.41. The standard InChI is InChI=1S/C17H23NO3/c1-5-12-6-8-13(9-7-12)10-11-14(19)18-15(16(20)21)17(2,3)4/h6-11,15H,5H2,1-4H3,(H,18,19)(H,20,21)/b11-10+/t15-/m0/s1. The first-order valence-corrected chi connectivity index (χ1v) is 7.04. The summed E-state index contributed by atoms with van der Waals surface area (Å²) >= 11 is 0. The Morgan fingerprint density at radius 2 is 1.81 bits per heavy atom. The normalized spacial score (nSPS) is 13.1. The van der Waals surface area contributed by atoms with Gasteiger partial charge in [-0.2, -0.15) is 0 Å². The number of aryl methyl sites for hydroxylation is 1. The molecule has 0 bridgehead atoms. The zero-order valence-electron chi connectivity index (χ0n) is 13.0. The predicted molar refractivity (Wildman–Crippen MR) is 83.9 cm³/mol. The van der Waals surface area contributed by atoms with Crippen LogP contribution in [0.5, 0.6) is 0 Å². The van der Waals surface area contributed by atoms with Crippen molar-refractivity contribution in [2.75, 3.05) is 0 Å². The fourth-order valence-corrected chi connectivity index (χ4v) is 1.88. The van der Waals surface area contributed by atoms with Gasteiger partial charge in [-0.25, -0.2) is 4.79 Å². The molecular formula is C17H23NO3. The summed E-state index contributed by atoms with van der Waals surface area (Å²) < 4.78 is 0. The molecule has 114 valence electrons. The molecule has 0 aliphatic carbocycles. The molecular weight excluding hydrogens is 266 g/mol. The fraction of sp³-hybridized carbons (Fsp3) is 0.412. The third kappa shape index (κ3) is 5.42. The quantitative estimate of drug-likeness (QED) is 0.819. The molecule has 0 unspecified atom stereocenters. The van der Waals surface area contributed by atoms with Crippen LogP contribution in [0.1, 0.15) is 38.8 Å². The van der Waals surface area contributed by atoms with E-state index in [1.54, 1.807) is 26.8 Å². The molecule has 0 spiro atoms. The smallest absolute Gasteiger partial charge is 0.326 e.